The predicted molar refractivity (Wildman–Crippen MR) is 112 cm³/mol. The molecule has 0 saturated carbocycles. The number of urea groups is 1. The number of nitrogens with zero attached hydrogens (tertiary/aromatic N) is 2. The number of rotatable bonds is 5. The minimum atomic E-state index is -1.09. The van der Waals surface area contributed by atoms with E-state index in [1.807, 2.05) is 47.4 Å². The second kappa shape index (κ2) is 8.07. The van der Waals surface area contributed by atoms with Crippen LogP contribution in [0.5, 0.6) is 0 Å². The smallest absolute Gasteiger partial charge is 0.326 e. The summed E-state index contributed by atoms with van der Waals surface area (Å²) in [4.78, 5) is 41.1. The molecule has 2 aromatic rings. The number of nitrogens with one attached hydrogen (secondary N) is 1. The van der Waals surface area contributed by atoms with Crippen molar-refractivity contribution in [2.24, 2.45) is 5.92 Å². The fourth-order valence-electron chi connectivity index (χ4n) is 4.29. The van der Waals surface area contributed by atoms with Crippen molar-refractivity contribution in [1.82, 2.24) is 15.1 Å². The van der Waals surface area contributed by atoms with Gasteiger partial charge in [0.25, 0.3) is 5.91 Å². The number of hydrogen-bond donors (Lipinski definition) is 1. The standard InChI is InChI=1S/C23H27N3O4/c1-3-30-20(27)17-10-12-25(13-11-17)15-26-21(28)23(2,24-22(26)29)19-9-8-16-6-4-5-7-18(16)14-19/h4-9,14,17H,3,10-13,15H2,1-2H3,(H,24,29)/t23-/m1/s1. The van der Waals surface area contributed by atoms with Crippen LogP contribution in [-0.4, -0.2) is 54.1 Å². The maximum Gasteiger partial charge on any atom is 0.326 e. The van der Waals surface area contributed by atoms with Crippen molar-refractivity contribution in [3.8, 4) is 0 Å². The van der Waals surface area contributed by atoms with Gasteiger partial charge in [0.2, 0.25) is 0 Å². The van der Waals surface area contributed by atoms with E-state index in [0.717, 1.165) is 16.3 Å². The number of hydrogen-bond acceptors (Lipinski definition) is 5. The molecule has 0 bridgehead atoms. The second-order valence-corrected chi connectivity index (χ2v) is 8.14. The largest absolute Gasteiger partial charge is 0.466 e. The van der Waals surface area contributed by atoms with Crippen molar-refractivity contribution in [1.29, 1.82) is 0 Å². The molecule has 2 saturated heterocycles. The summed E-state index contributed by atoms with van der Waals surface area (Å²) < 4.78 is 5.10. The number of fused-ring (bicyclic) bond motifs is 1. The number of likely N-dealkylation sites (tertiary alicyclic amines) is 1. The molecule has 4 rings (SSSR count). The fourth-order valence-corrected chi connectivity index (χ4v) is 4.29. The lowest BCUT2D eigenvalue weighted by molar-refractivity contribution is -0.150. The molecule has 7 heteroatoms. The van der Waals surface area contributed by atoms with Crippen LogP contribution < -0.4 is 5.32 Å². The molecule has 0 aliphatic carbocycles. The highest BCUT2D eigenvalue weighted by atomic mass is 16.5. The van der Waals surface area contributed by atoms with E-state index >= 15 is 0 Å². The van der Waals surface area contributed by atoms with E-state index in [1.165, 1.54) is 4.90 Å². The number of imide groups is 1. The number of esters is 1. The highest BCUT2D eigenvalue weighted by Crippen LogP contribution is 2.31. The van der Waals surface area contributed by atoms with E-state index in [9.17, 15) is 14.4 Å². The molecule has 7 nitrogen and oxygen atoms in total. The third-order valence-corrected chi connectivity index (χ3v) is 6.15. The fraction of sp³-hybridized carbons (Fsp3) is 0.435. The molecule has 0 radical (unpaired) electrons. The maximum atomic E-state index is 13.2. The van der Waals surface area contributed by atoms with Gasteiger partial charge in [-0.05, 0) is 49.1 Å². The lowest BCUT2D eigenvalue weighted by Crippen LogP contribution is -2.46. The highest BCUT2D eigenvalue weighted by Gasteiger charge is 2.49. The molecule has 2 aliphatic heterocycles. The van der Waals surface area contributed by atoms with Crippen LogP contribution in [0.25, 0.3) is 10.8 Å². The van der Waals surface area contributed by atoms with E-state index in [1.54, 1.807) is 13.8 Å². The molecule has 2 aliphatic rings. The summed E-state index contributed by atoms with van der Waals surface area (Å²) in [7, 11) is 0. The predicted octanol–water partition coefficient (Wildman–Crippen LogP) is 2.84. The van der Waals surface area contributed by atoms with E-state index in [2.05, 4.69) is 5.32 Å². The van der Waals surface area contributed by atoms with Crippen LogP contribution in [0.2, 0.25) is 0 Å². The summed E-state index contributed by atoms with van der Waals surface area (Å²) in [6, 6.07) is 13.4. The molecule has 2 fully saturated rings. The first kappa shape index (κ1) is 20.3. The number of carbonyl (C=O) groups excluding carboxylic acids is 3. The Balaban J connectivity index is 1.45. The number of benzene rings is 2. The molecule has 1 atom stereocenters. The lowest BCUT2D eigenvalue weighted by Gasteiger charge is -2.32. The molecule has 1 N–H and O–H groups in total. The van der Waals surface area contributed by atoms with Crippen molar-refractivity contribution >= 4 is 28.7 Å². The second-order valence-electron chi connectivity index (χ2n) is 8.14. The quantitative estimate of drug-likeness (QED) is 0.607. The molecule has 0 aromatic heterocycles. The van der Waals surface area contributed by atoms with Crippen LogP contribution in [0.4, 0.5) is 4.79 Å². The first-order valence-corrected chi connectivity index (χ1v) is 10.4. The summed E-state index contributed by atoms with van der Waals surface area (Å²) in [5.74, 6) is -0.515. The summed E-state index contributed by atoms with van der Waals surface area (Å²) in [6.07, 6.45) is 1.34. The number of ether oxygens (including phenoxy) is 1. The SMILES string of the molecule is CCOC(=O)C1CCN(CN2C(=O)N[C@](C)(c3ccc4ccccc4c3)C2=O)CC1. The average molecular weight is 409 g/mol. The third-order valence-electron chi connectivity index (χ3n) is 6.15. The van der Waals surface area contributed by atoms with Crippen molar-refractivity contribution in [2.75, 3.05) is 26.4 Å². The van der Waals surface area contributed by atoms with Gasteiger partial charge >= 0.3 is 12.0 Å². The van der Waals surface area contributed by atoms with Crippen molar-refractivity contribution < 1.29 is 19.1 Å². The van der Waals surface area contributed by atoms with Crippen LogP contribution >= 0.6 is 0 Å². The first-order valence-electron chi connectivity index (χ1n) is 10.4. The topological polar surface area (TPSA) is 79.0 Å². The minimum absolute atomic E-state index is 0.104. The average Bonchev–Trinajstić information content (AvgIpc) is 2.98. The Morgan fingerprint density at radius 2 is 1.83 bits per heavy atom. The Bertz CT molecular complexity index is 983. The zero-order valence-corrected chi connectivity index (χ0v) is 17.4. The first-order chi connectivity index (χ1) is 14.4. The Hall–Kier alpha value is -2.93. The molecule has 2 heterocycles. The Morgan fingerprint density at radius 1 is 1.13 bits per heavy atom. The third kappa shape index (κ3) is 3.65. The number of amides is 3. The van der Waals surface area contributed by atoms with Crippen molar-refractivity contribution in [3.63, 3.8) is 0 Å². The molecule has 3 amide bonds. The monoisotopic (exact) mass is 409 g/mol. The molecule has 0 spiro atoms. The molecular weight excluding hydrogens is 382 g/mol. The number of piperidine rings is 1. The Kier molecular flexibility index (Phi) is 5.47. The van der Waals surface area contributed by atoms with Gasteiger partial charge in [-0.1, -0.05) is 36.4 Å². The summed E-state index contributed by atoms with van der Waals surface area (Å²) in [5, 5.41) is 4.99. The van der Waals surface area contributed by atoms with Gasteiger partial charge in [-0.15, -0.1) is 0 Å². The zero-order chi connectivity index (χ0) is 21.3. The van der Waals surface area contributed by atoms with Crippen LogP contribution in [0.15, 0.2) is 42.5 Å². The Labute approximate surface area is 176 Å². The lowest BCUT2D eigenvalue weighted by atomic mass is 9.90. The summed E-state index contributed by atoms with van der Waals surface area (Å²) in [5.41, 5.74) is -0.326. The molecule has 0 unspecified atom stereocenters. The van der Waals surface area contributed by atoms with E-state index in [0.29, 0.717) is 32.5 Å². The Morgan fingerprint density at radius 3 is 2.53 bits per heavy atom. The maximum absolute atomic E-state index is 13.2. The van der Waals surface area contributed by atoms with E-state index < -0.39 is 5.54 Å². The van der Waals surface area contributed by atoms with Gasteiger partial charge in [0.1, 0.15) is 5.54 Å². The van der Waals surface area contributed by atoms with Gasteiger partial charge in [-0.3, -0.25) is 14.5 Å². The summed E-state index contributed by atoms with van der Waals surface area (Å²) >= 11 is 0. The van der Waals surface area contributed by atoms with Gasteiger partial charge in [-0.25, -0.2) is 9.69 Å². The minimum Gasteiger partial charge on any atom is -0.466 e. The highest BCUT2D eigenvalue weighted by molar-refractivity contribution is 6.07. The van der Waals surface area contributed by atoms with Gasteiger partial charge in [0.15, 0.2) is 0 Å². The van der Waals surface area contributed by atoms with Crippen LogP contribution in [-0.2, 0) is 19.9 Å². The molecular formula is C23H27N3O4. The van der Waals surface area contributed by atoms with E-state index in [-0.39, 0.29) is 30.5 Å². The number of carbonyl (C=O) groups is 3. The van der Waals surface area contributed by atoms with Crippen molar-refractivity contribution in [3.05, 3.63) is 48.0 Å². The zero-order valence-electron chi connectivity index (χ0n) is 17.4. The normalized spacial score (nSPS) is 23.1. The van der Waals surface area contributed by atoms with Gasteiger partial charge in [0.05, 0.1) is 19.2 Å². The van der Waals surface area contributed by atoms with Gasteiger partial charge in [-0.2, -0.15) is 0 Å². The summed E-state index contributed by atoms with van der Waals surface area (Å²) in [6.45, 7) is 5.46. The van der Waals surface area contributed by atoms with Crippen LogP contribution in [0.3, 0.4) is 0 Å². The van der Waals surface area contributed by atoms with Crippen LogP contribution in [0, 0.1) is 5.92 Å². The molecule has 2 aromatic carbocycles. The van der Waals surface area contributed by atoms with Crippen molar-refractivity contribution in [2.45, 2.75) is 32.2 Å². The van der Waals surface area contributed by atoms with E-state index in [4.69, 9.17) is 4.74 Å². The van der Waals surface area contributed by atoms with Gasteiger partial charge < -0.3 is 10.1 Å². The van der Waals surface area contributed by atoms with Crippen LogP contribution in [0.1, 0.15) is 32.3 Å². The molecule has 158 valence electrons. The van der Waals surface area contributed by atoms with Gasteiger partial charge in [0, 0.05) is 13.1 Å². The molecule has 30 heavy (non-hydrogen) atoms.